The van der Waals surface area contributed by atoms with E-state index in [1.807, 2.05) is 45.0 Å². The molecule has 0 saturated carbocycles. The molecule has 1 aromatic rings. The Bertz CT molecular complexity index is 403. The minimum atomic E-state index is -0.410. The summed E-state index contributed by atoms with van der Waals surface area (Å²) in [6, 6.07) is 7.77. The quantitative estimate of drug-likeness (QED) is 0.875. The maximum Gasteiger partial charge on any atom is 0.230 e. The molecule has 0 aromatic heterocycles. The lowest BCUT2D eigenvalue weighted by atomic mass is 9.76. The summed E-state index contributed by atoms with van der Waals surface area (Å²) in [7, 11) is 1.64. The molecule has 3 nitrogen and oxygen atoms in total. The Balaban J connectivity index is 0.000000771. The van der Waals surface area contributed by atoms with E-state index in [9.17, 15) is 4.79 Å². The van der Waals surface area contributed by atoms with E-state index in [-0.39, 0.29) is 5.91 Å². The van der Waals surface area contributed by atoms with Gasteiger partial charge in [0.25, 0.3) is 0 Å². The fourth-order valence-electron chi connectivity index (χ4n) is 2.19. The summed E-state index contributed by atoms with van der Waals surface area (Å²) in [5, 5.41) is 2.93. The second-order valence-corrected chi connectivity index (χ2v) is 4.42. The Labute approximate surface area is 110 Å². The number of methoxy groups -OCH3 is 1. The van der Waals surface area contributed by atoms with Crippen LogP contribution in [0.1, 0.15) is 39.2 Å². The molecular weight excluding hydrogens is 226 g/mol. The van der Waals surface area contributed by atoms with Crippen LogP contribution in [-0.4, -0.2) is 19.6 Å². The second-order valence-electron chi connectivity index (χ2n) is 4.42. The van der Waals surface area contributed by atoms with Crippen molar-refractivity contribution >= 4 is 5.91 Å². The number of nitrogens with one attached hydrogen (secondary N) is 1. The van der Waals surface area contributed by atoms with Crippen LogP contribution in [0, 0.1) is 0 Å². The summed E-state index contributed by atoms with van der Waals surface area (Å²) < 4.78 is 5.19. The topological polar surface area (TPSA) is 38.3 Å². The van der Waals surface area contributed by atoms with Crippen LogP contribution in [0.15, 0.2) is 24.3 Å². The van der Waals surface area contributed by atoms with Crippen LogP contribution in [-0.2, 0) is 10.2 Å². The SMILES string of the molecule is CC.COc1cccc(C2(C)CCCNC2=O)c1. The van der Waals surface area contributed by atoms with Gasteiger partial charge in [-0.15, -0.1) is 0 Å². The largest absolute Gasteiger partial charge is 0.497 e. The summed E-state index contributed by atoms with van der Waals surface area (Å²) in [5.74, 6) is 0.920. The third-order valence-electron chi connectivity index (χ3n) is 3.35. The summed E-state index contributed by atoms with van der Waals surface area (Å²) in [6.07, 6.45) is 1.92. The van der Waals surface area contributed by atoms with Crippen molar-refractivity contribution in [2.45, 2.75) is 39.0 Å². The molecule has 0 aliphatic carbocycles. The minimum absolute atomic E-state index is 0.118. The molecule has 1 atom stereocenters. The standard InChI is InChI=1S/C13H17NO2.C2H6/c1-13(7-4-8-14-12(13)15)10-5-3-6-11(9-10)16-2;1-2/h3,5-6,9H,4,7-8H2,1-2H3,(H,14,15);1-2H3. The molecule has 100 valence electrons. The first-order valence-corrected chi connectivity index (χ1v) is 6.59. The van der Waals surface area contributed by atoms with Gasteiger partial charge in [0, 0.05) is 6.54 Å². The van der Waals surface area contributed by atoms with Gasteiger partial charge in [-0.25, -0.2) is 0 Å². The van der Waals surface area contributed by atoms with Gasteiger partial charge in [-0.2, -0.15) is 0 Å². The molecule has 1 saturated heterocycles. The molecule has 1 unspecified atom stereocenters. The molecule has 0 bridgehead atoms. The van der Waals surface area contributed by atoms with Gasteiger partial charge in [0.2, 0.25) is 5.91 Å². The van der Waals surface area contributed by atoms with Crippen LogP contribution in [0.3, 0.4) is 0 Å². The Hall–Kier alpha value is -1.51. The fourth-order valence-corrected chi connectivity index (χ4v) is 2.19. The zero-order valence-corrected chi connectivity index (χ0v) is 11.7. The van der Waals surface area contributed by atoms with Crippen LogP contribution in [0.2, 0.25) is 0 Å². The van der Waals surface area contributed by atoms with Gasteiger partial charge in [0.1, 0.15) is 5.75 Å². The normalized spacial score (nSPS) is 22.6. The lowest BCUT2D eigenvalue weighted by molar-refractivity contribution is -0.128. The fraction of sp³-hybridized carbons (Fsp3) is 0.533. The van der Waals surface area contributed by atoms with Crippen molar-refractivity contribution in [3.05, 3.63) is 29.8 Å². The molecule has 18 heavy (non-hydrogen) atoms. The van der Waals surface area contributed by atoms with Crippen LogP contribution in [0.5, 0.6) is 5.75 Å². The predicted molar refractivity (Wildman–Crippen MR) is 73.9 cm³/mol. The van der Waals surface area contributed by atoms with Gasteiger partial charge in [0.15, 0.2) is 0 Å². The van der Waals surface area contributed by atoms with Crippen molar-refractivity contribution < 1.29 is 9.53 Å². The predicted octanol–water partition coefficient (Wildman–Crippen LogP) is 2.89. The highest BCUT2D eigenvalue weighted by atomic mass is 16.5. The second kappa shape index (κ2) is 6.43. The first-order valence-electron chi connectivity index (χ1n) is 6.59. The molecule has 1 N–H and O–H groups in total. The van der Waals surface area contributed by atoms with E-state index >= 15 is 0 Å². The Morgan fingerprint density at radius 2 is 2.06 bits per heavy atom. The molecule has 1 amide bonds. The summed E-state index contributed by atoms with van der Waals surface area (Å²) in [4.78, 5) is 12.0. The third kappa shape index (κ3) is 2.84. The molecule has 0 radical (unpaired) electrons. The lowest BCUT2D eigenvalue weighted by Gasteiger charge is -2.33. The zero-order chi connectivity index (χ0) is 13.6. The van der Waals surface area contributed by atoms with Crippen LogP contribution >= 0.6 is 0 Å². The third-order valence-corrected chi connectivity index (χ3v) is 3.35. The minimum Gasteiger partial charge on any atom is -0.497 e. The summed E-state index contributed by atoms with van der Waals surface area (Å²) >= 11 is 0. The monoisotopic (exact) mass is 249 g/mol. The van der Waals surface area contributed by atoms with Gasteiger partial charge < -0.3 is 10.1 Å². The van der Waals surface area contributed by atoms with Crippen LogP contribution < -0.4 is 10.1 Å². The van der Waals surface area contributed by atoms with Gasteiger partial charge in [0.05, 0.1) is 12.5 Å². The van der Waals surface area contributed by atoms with E-state index in [4.69, 9.17) is 4.74 Å². The molecule has 1 aromatic carbocycles. The van der Waals surface area contributed by atoms with Crippen LogP contribution in [0.25, 0.3) is 0 Å². The molecule has 3 heteroatoms. The van der Waals surface area contributed by atoms with E-state index in [1.54, 1.807) is 7.11 Å². The molecule has 1 aliphatic heterocycles. The van der Waals surface area contributed by atoms with E-state index in [2.05, 4.69) is 5.32 Å². The summed E-state index contributed by atoms with van der Waals surface area (Å²) in [6.45, 7) is 6.79. The first kappa shape index (κ1) is 14.6. The Morgan fingerprint density at radius 1 is 1.33 bits per heavy atom. The molecular formula is C15H23NO2. The maximum absolute atomic E-state index is 12.0. The summed E-state index contributed by atoms with van der Waals surface area (Å²) in [5.41, 5.74) is 0.622. The van der Waals surface area contributed by atoms with Gasteiger partial charge in [-0.3, -0.25) is 4.79 Å². The average Bonchev–Trinajstić information content (AvgIpc) is 2.44. The zero-order valence-electron chi connectivity index (χ0n) is 11.7. The van der Waals surface area contributed by atoms with E-state index in [1.165, 1.54) is 0 Å². The number of piperidine rings is 1. The number of amides is 1. The molecule has 0 spiro atoms. The first-order chi connectivity index (χ1) is 8.66. The highest BCUT2D eigenvalue weighted by Crippen LogP contribution is 2.33. The van der Waals surface area contributed by atoms with Crippen molar-refractivity contribution in [2.75, 3.05) is 13.7 Å². The molecule has 1 aliphatic rings. The average molecular weight is 249 g/mol. The smallest absolute Gasteiger partial charge is 0.230 e. The number of carbonyl (C=O) groups excluding carboxylic acids is 1. The van der Waals surface area contributed by atoms with Crippen molar-refractivity contribution in [1.29, 1.82) is 0 Å². The highest BCUT2D eigenvalue weighted by Gasteiger charge is 2.37. The molecule has 1 heterocycles. The lowest BCUT2D eigenvalue weighted by Crippen LogP contribution is -2.46. The highest BCUT2D eigenvalue weighted by molar-refractivity contribution is 5.88. The van der Waals surface area contributed by atoms with Crippen molar-refractivity contribution in [1.82, 2.24) is 5.32 Å². The van der Waals surface area contributed by atoms with Crippen molar-refractivity contribution in [2.24, 2.45) is 0 Å². The number of ether oxygens (including phenoxy) is 1. The van der Waals surface area contributed by atoms with E-state index in [0.29, 0.717) is 0 Å². The van der Waals surface area contributed by atoms with Crippen LogP contribution in [0.4, 0.5) is 0 Å². The Morgan fingerprint density at radius 3 is 2.67 bits per heavy atom. The van der Waals surface area contributed by atoms with Gasteiger partial charge in [-0.1, -0.05) is 26.0 Å². The Kier molecular flexibility index (Phi) is 5.20. The molecule has 2 rings (SSSR count). The van der Waals surface area contributed by atoms with Crippen molar-refractivity contribution in [3.8, 4) is 5.75 Å². The number of rotatable bonds is 2. The number of carbonyl (C=O) groups is 1. The van der Waals surface area contributed by atoms with Gasteiger partial charge >= 0.3 is 0 Å². The van der Waals surface area contributed by atoms with E-state index < -0.39 is 5.41 Å². The maximum atomic E-state index is 12.0. The number of hydrogen-bond acceptors (Lipinski definition) is 2. The number of hydrogen-bond donors (Lipinski definition) is 1. The number of benzene rings is 1. The van der Waals surface area contributed by atoms with Crippen molar-refractivity contribution in [3.63, 3.8) is 0 Å². The molecule has 1 fully saturated rings. The van der Waals surface area contributed by atoms with E-state index in [0.717, 1.165) is 30.7 Å². The van der Waals surface area contributed by atoms with Gasteiger partial charge in [-0.05, 0) is 37.5 Å².